The molecule has 3 nitrogen and oxygen atoms in total. The van der Waals surface area contributed by atoms with E-state index in [0.29, 0.717) is 46.4 Å². The number of aromatic nitrogens is 2. The average Bonchev–Trinajstić information content (AvgIpc) is 2.64. The minimum Gasteiger partial charge on any atom is -0.289 e. The first-order chi connectivity index (χ1) is 12.3. The summed E-state index contributed by atoms with van der Waals surface area (Å²) in [5.41, 5.74) is 2.90. The van der Waals surface area contributed by atoms with E-state index < -0.39 is 8.67 Å². The molecule has 1 aromatic heterocycles. The van der Waals surface area contributed by atoms with Crippen molar-refractivity contribution < 1.29 is 4.79 Å². The fourth-order valence-corrected chi connectivity index (χ4v) is 3.92. The molecule has 0 radical (unpaired) electrons. The summed E-state index contributed by atoms with van der Waals surface area (Å²) >= 11 is 25.6. The van der Waals surface area contributed by atoms with Crippen LogP contribution in [0.25, 0.3) is 11.0 Å². The number of carbonyl (C=O) groups is 1. The van der Waals surface area contributed by atoms with E-state index in [0.717, 1.165) is 0 Å². The van der Waals surface area contributed by atoms with Crippen molar-refractivity contribution in [2.45, 2.75) is 21.5 Å². The van der Waals surface area contributed by atoms with Crippen LogP contribution in [0.1, 0.15) is 40.2 Å². The molecule has 0 atom stereocenters. The first kappa shape index (κ1) is 18.0. The summed E-state index contributed by atoms with van der Waals surface area (Å²) < 4.78 is -2.41. The number of benzene rings is 2. The molecule has 0 saturated carbocycles. The number of rotatable bonds is 2. The Bertz CT molecular complexity index is 1020. The molecule has 3 aromatic rings. The zero-order valence-corrected chi connectivity index (χ0v) is 16.4. The van der Waals surface area contributed by atoms with Crippen molar-refractivity contribution in [1.82, 2.24) is 9.97 Å². The molecule has 1 heterocycles. The first-order valence-electron chi connectivity index (χ1n) is 7.96. The lowest BCUT2D eigenvalue weighted by Gasteiger charge is -2.33. The van der Waals surface area contributed by atoms with Gasteiger partial charge in [-0.3, -0.25) is 4.79 Å². The minimum atomic E-state index is -1.22. The molecule has 0 bridgehead atoms. The van der Waals surface area contributed by atoms with Crippen molar-refractivity contribution in [3.63, 3.8) is 0 Å². The van der Waals surface area contributed by atoms with E-state index in [1.807, 2.05) is 18.2 Å². The Labute approximate surface area is 170 Å². The van der Waals surface area contributed by atoms with Gasteiger partial charge in [0.15, 0.2) is 14.4 Å². The highest BCUT2D eigenvalue weighted by molar-refractivity contribution is 6.51. The molecule has 0 amide bonds. The highest BCUT2D eigenvalue weighted by Crippen LogP contribution is 2.53. The summed E-state index contributed by atoms with van der Waals surface area (Å²) in [5, 5.41) is 0. The fraction of sp³-hybridized carbons (Fsp3) is 0.211. The van der Waals surface area contributed by atoms with Crippen molar-refractivity contribution >= 4 is 63.2 Å². The van der Waals surface area contributed by atoms with Gasteiger partial charge < -0.3 is 0 Å². The summed E-state index contributed by atoms with van der Waals surface area (Å²) in [5.74, 6) is -0.0981. The molecule has 2 aromatic carbocycles. The Kier molecular flexibility index (Phi) is 4.39. The second kappa shape index (κ2) is 6.35. The lowest BCUT2D eigenvalue weighted by molar-refractivity contribution is 0.103. The van der Waals surface area contributed by atoms with Gasteiger partial charge in [0.05, 0.1) is 11.0 Å². The van der Waals surface area contributed by atoms with Crippen LogP contribution in [0.4, 0.5) is 0 Å². The lowest BCUT2D eigenvalue weighted by atomic mass is 9.97. The minimum absolute atomic E-state index is 0.0981. The van der Waals surface area contributed by atoms with Crippen LogP contribution in [0, 0.1) is 0 Å². The highest BCUT2D eigenvalue weighted by atomic mass is 35.5. The van der Waals surface area contributed by atoms with E-state index in [1.165, 1.54) is 0 Å². The van der Waals surface area contributed by atoms with E-state index in [2.05, 4.69) is 9.97 Å². The SMILES string of the molecule is O=C(c1ccccc1)c1ccc2nc3c(nc2c1)C(Cl)(Cl)CCC3(Cl)Cl. The summed E-state index contributed by atoms with van der Waals surface area (Å²) in [6, 6.07) is 14.1. The van der Waals surface area contributed by atoms with Gasteiger partial charge in [-0.2, -0.15) is 0 Å². The van der Waals surface area contributed by atoms with Crippen LogP contribution in [-0.4, -0.2) is 15.8 Å². The number of alkyl halides is 4. The molecule has 132 valence electrons. The van der Waals surface area contributed by atoms with Crippen molar-refractivity contribution in [3.05, 3.63) is 71.0 Å². The van der Waals surface area contributed by atoms with Crippen LogP contribution in [0.3, 0.4) is 0 Å². The monoisotopic (exact) mass is 424 g/mol. The Balaban J connectivity index is 1.86. The van der Waals surface area contributed by atoms with Gasteiger partial charge in [-0.15, -0.1) is 0 Å². The number of carbonyl (C=O) groups excluding carboxylic acids is 1. The van der Waals surface area contributed by atoms with Crippen LogP contribution >= 0.6 is 46.4 Å². The Morgan fingerprint density at radius 1 is 0.769 bits per heavy atom. The van der Waals surface area contributed by atoms with Gasteiger partial charge in [-0.25, -0.2) is 9.97 Å². The number of halogens is 4. The number of hydrogen-bond acceptors (Lipinski definition) is 3. The first-order valence-corrected chi connectivity index (χ1v) is 9.47. The molecule has 0 N–H and O–H groups in total. The van der Waals surface area contributed by atoms with Crippen molar-refractivity contribution in [2.75, 3.05) is 0 Å². The summed E-state index contributed by atoms with van der Waals surface area (Å²) in [7, 11) is 0. The van der Waals surface area contributed by atoms with Crippen LogP contribution in [0.15, 0.2) is 48.5 Å². The number of nitrogens with zero attached hydrogens (tertiary/aromatic N) is 2. The fourth-order valence-electron chi connectivity index (χ4n) is 3.01. The molecule has 26 heavy (non-hydrogen) atoms. The van der Waals surface area contributed by atoms with E-state index in [9.17, 15) is 4.79 Å². The Morgan fingerprint density at radius 3 is 1.96 bits per heavy atom. The molecular weight excluding hydrogens is 414 g/mol. The molecular formula is C19H12Cl4N2O. The Morgan fingerprint density at radius 2 is 1.35 bits per heavy atom. The molecule has 0 spiro atoms. The van der Waals surface area contributed by atoms with Gasteiger partial charge in [-0.1, -0.05) is 76.7 Å². The molecule has 0 aliphatic heterocycles. The average molecular weight is 426 g/mol. The molecule has 0 saturated heterocycles. The smallest absolute Gasteiger partial charge is 0.193 e. The molecule has 1 aliphatic carbocycles. The molecule has 1 aliphatic rings. The molecule has 0 unspecified atom stereocenters. The van der Waals surface area contributed by atoms with Gasteiger partial charge in [0.2, 0.25) is 0 Å². The van der Waals surface area contributed by atoms with E-state index in [4.69, 9.17) is 46.4 Å². The van der Waals surface area contributed by atoms with E-state index in [-0.39, 0.29) is 5.78 Å². The van der Waals surface area contributed by atoms with E-state index >= 15 is 0 Å². The van der Waals surface area contributed by atoms with Crippen LogP contribution < -0.4 is 0 Å². The molecule has 7 heteroatoms. The summed E-state index contributed by atoms with van der Waals surface area (Å²) in [4.78, 5) is 21.8. The van der Waals surface area contributed by atoms with Crippen LogP contribution in [-0.2, 0) is 8.67 Å². The van der Waals surface area contributed by atoms with Crippen LogP contribution in [0.2, 0.25) is 0 Å². The normalized spacial score (nSPS) is 17.7. The largest absolute Gasteiger partial charge is 0.289 e. The molecule has 0 fully saturated rings. The van der Waals surface area contributed by atoms with Gasteiger partial charge in [0, 0.05) is 11.1 Å². The zero-order chi connectivity index (χ0) is 18.5. The maximum atomic E-state index is 12.7. The number of hydrogen-bond donors (Lipinski definition) is 0. The quantitative estimate of drug-likeness (QED) is 0.378. The standard InChI is InChI=1S/C19H12Cl4N2O/c20-18(21)8-9-19(22,23)17-16(18)24-13-7-6-12(10-14(13)25-17)15(26)11-4-2-1-3-5-11/h1-7,10H,8-9H2. The van der Waals surface area contributed by atoms with Crippen molar-refractivity contribution in [2.24, 2.45) is 0 Å². The second-order valence-electron chi connectivity index (χ2n) is 6.23. The summed E-state index contributed by atoms with van der Waals surface area (Å²) in [6.07, 6.45) is 0.736. The third-order valence-electron chi connectivity index (χ3n) is 4.41. The van der Waals surface area contributed by atoms with E-state index in [1.54, 1.807) is 30.3 Å². The maximum absolute atomic E-state index is 12.7. The van der Waals surface area contributed by atoms with Gasteiger partial charge in [-0.05, 0) is 31.0 Å². The predicted octanol–water partition coefficient (Wildman–Crippen LogP) is 5.92. The number of ketones is 1. The topological polar surface area (TPSA) is 42.9 Å². The van der Waals surface area contributed by atoms with Crippen LogP contribution in [0.5, 0.6) is 0 Å². The van der Waals surface area contributed by atoms with Crippen molar-refractivity contribution in [3.8, 4) is 0 Å². The van der Waals surface area contributed by atoms with Crippen molar-refractivity contribution in [1.29, 1.82) is 0 Å². The van der Waals surface area contributed by atoms with Gasteiger partial charge in [0.1, 0.15) is 11.4 Å². The maximum Gasteiger partial charge on any atom is 0.193 e. The number of fused-ring (bicyclic) bond motifs is 2. The third kappa shape index (κ3) is 3.07. The lowest BCUT2D eigenvalue weighted by Crippen LogP contribution is -2.30. The summed E-state index contributed by atoms with van der Waals surface area (Å²) in [6.45, 7) is 0. The zero-order valence-electron chi connectivity index (χ0n) is 13.3. The molecule has 4 rings (SSSR count). The predicted molar refractivity (Wildman–Crippen MR) is 105 cm³/mol. The second-order valence-corrected chi connectivity index (χ2v) is 9.20. The Hall–Kier alpha value is -1.39. The van der Waals surface area contributed by atoms with Gasteiger partial charge >= 0.3 is 0 Å². The third-order valence-corrected chi connectivity index (χ3v) is 5.88. The van der Waals surface area contributed by atoms with Gasteiger partial charge in [0.25, 0.3) is 0 Å². The highest BCUT2D eigenvalue weighted by Gasteiger charge is 2.46.